The number of rotatable bonds is 9. The summed E-state index contributed by atoms with van der Waals surface area (Å²) in [7, 11) is -3.48. The van der Waals surface area contributed by atoms with Gasteiger partial charge in [0.05, 0.1) is 6.26 Å². The number of benzene rings is 2. The Hall–Kier alpha value is -1.06. The van der Waals surface area contributed by atoms with Crippen molar-refractivity contribution in [3.63, 3.8) is 0 Å². The number of hydrogen-bond acceptors (Lipinski definition) is 4. The van der Waals surface area contributed by atoms with Gasteiger partial charge in [-0.3, -0.25) is 0 Å². The van der Waals surface area contributed by atoms with E-state index in [0.717, 1.165) is 11.8 Å². The second-order valence-electron chi connectivity index (χ2n) is 5.99. The van der Waals surface area contributed by atoms with Gasteiger partial charge in [0.1, 0.15) is 5.75 Å². The Morgan fingerprint density at radius 3 is 2.45 bits per heavy atom. The van der Waals surface area contributed by atoms with Crippen molar-refractivity contribution in [2.75, 3.05) is 19.4 Å². The van der Waals surface area contributed by atoms with Crippen molar-refractivity contribution < 1.29 is 54.0 Å². The SMILES string of the molecule is CS(=O)(=O)N(C/C=C/c1cc(Cl)cc(Cl)c1)Cc1cccc(OCC(=O)O)c1.[H-].[Na+]. The maximum atomic E-state index is 12.1. The Morgan fingerprint density at radius 1 is 1.21 bits per heavy atom. The summed E-state index contributed by atoms with van der Waals surface area (Å²) in [4.78, 5) is 10.6. The van der Waals surface area contributed by atoms with E-state index in [1.807, 2.05) is 0 Å². The molecule has 1 N–H and O–H groups in total. The van der Waals surface area contributed by atoms with E-state index in [1.165, 1.54) is 4.31 Å². The molecule has 0 heterocycles. The Kier molecular flexibility index (Phi) is 10.7. The third-order valence-corrected chi connectivity index (χ3v) is 5.25. The van der Waals surface area contributed by atoms with Gasteiger partial charge >= 0.3 is 35.5 Å². The van der Waals surface area contributed by atoms with Crippen LogP contribution in [0.3, 0.4) is 0 Å². The van der Waals surface area contributed by atoms with Crippen LogP contribution in [-0.4, -0.2) is 43.2 Å². The number of halogens is 2. The van der Waals surface area contributed by atoms with Crippen molar-refractivity contribution >= 4 is 45.3 Å². The minimum Gasteiger partial charge on any atom is -1.00 e. The van der Waals surface area contributed by atoms with Crippen LogP contribution in [0.25, 0.3) is 6.08 Å². The Labute approximate surface area is 203 Å². The van der Waals surface area contributed by atoms with Gasteiger partial charge in [0.25, 0.3) is 0 Å². The molecule has 0 atom stereocenters. The second kappa shape index (κ2) is 12.0. The molecule has 10 heteroatoms. The first-order valence-electron chi connectivity index (χ1n) is 8.15. The zero-order valence-electron chi connectivity index (χ0n) is 17.0. The zero-order valence-corrected chi connectivity index (χ0v) is 20.3. The Bertz CT molecular complexity index is 968. The smallest absolute Gasteiger partial charge is 1.00 e. The minimum absolute atomic E-state index is 0. The predicted molar refractivity (Wildman–Crippen MR) is 111 cm³/mol. The Morgan fingerprint density at radius 2 is 1.86 bits per heavy atom. The molecule has 0 aromatic heterocycles. The molecule has 0 aliphatic carbocycles. The second-order valence-corrected chi connectivity index (χ2v) is 8.85. The van der Waals surface area contributed by atoms with Crippen molar-refractivity contribution in [2.24, 2.45) is 0 Å². The van der Waals surface area contributed by atoms with Gasteiger partial charge in [0.2, 0.25) is 10.0 Å². The molecule has 0 saturated carbocycles. The van der Waals surface area contributed by atoms with E-state index in [1.54, 1.807) is 54.6 Å². The molecule has 2 rings (SSSR count). The van der Waals surface area contributed by atoms with E-state index in [0.29, 0.717) is 21.4 Å². The zero-order chi connectivity index (χ0) is 20.7. The van der Waals surface area contributed by atoms with E-state index < -0.39 is 22.6 Å². The first-order chi connectivity index (χ1) is 13.1. The van der Waals surface area contributed by atoms with Gasteiger partial charge in [-0.25, -0.2) is 13.2 Å². The molecule has 2 aromatic rings. The van der Waals surface area contributed by atoms with E-state index >= 15 is 0 Å². The van der Waals surface area contributed by atoms with E-state index in [2.05, 4.69) is 0 Å². The summed E-state index contributed by atoms with van der Waals surface area (Å²) in [6, 6.07) is 11.7. The van der Waals surface area contributed by atoms with Gasteiger partial charge in [-0.15, -0.1) is 0 Å². The molecule has 152 valence electrons. The summed E-state index contributed by atoms with van der Waals surface area (Å²) in [5.41, 5.74) is 1.43. The normalized spacial score (nSPS) is 11.4. The molecule has 0 amide bonds. The van der Waals surface area contributed by atoms with Crippen molar-refractivity contribution in [1.29, 1.82) is 0 Å². The summed E-state index contributed by atoms with van der Waals surface area (Å²) >= 11 is 11.9. The summed E-state index contributed by atoms with van der Waals surface area (Å²) in [5.74, 6) is -0.730. The number of carboxylic acids is 1. The van der Waals surface area contributed by atoms with Crippen LogP contribution in [0.15, 0.2) is 48.5 Å². The molecule has 0 spiro atoms. The fraction of sp³-hybridized carbons (Fsp3) is 0.211. The first-order valence-corrected chi connectivity index (χ1v) is 10.8. The van der Waals surface area contributed by atoms with Crippen LogP contribution in [0.4, 0.5) is 0 Å². The summed E-state index contributed by atoms with van der Waals surface area (Å²) in [6.45, 7) is -0.211. The molecule has 0 radical (unpaired) electrons. The molecule has 0 aliphatic rings. The number of hydrogen-bond donors (Lipinski definition) is 1. The van der Waals surface area contributed by atoms with Gasteiger partial charge in [-0.05, 0) is 41.5 Å². The minimum atomic E-state index is -3.48. The first kappa shape index (κ1) is 26.0. The predicted octanol–water partition coefficient (Wildman–Crippen LogP) is 1.05. The van der Waals surface area contributed by atoms with E-state index in [4.69, 9.17) is 33.0 Å². The Balaban J connectivity index is 0.00000420. The topological polar surface area (TPSA) is 83.9 Å². The number of ether oxygens (including phenoxy) is 1. The quantitative estimate of drug-likeness (QED) is 0.557. The molecule has 0 fully saturated rings. The molecule has 29 heavy (non-hydrogen) atoms. The molecule has 0 saturated heterocycles. The monoisotopic (exact) mass is 467 g/mol. The maximum Gasteiger partial charge on any atom is 1.00 e. The van der Waals surface area contributed by atoms with Crippen LogP contribution in [0.1, 0.15) is 12.6 Å². The molecule has 6 nitrogen and oxygen atoms in total. The largest absolute Gasteiger partial charge is 1.00 e. The average molecular weight is 468 g/mol. The van der Waals surface area contributed by atoms with Crippen molar-refractivity contribution in [3.05, 3.63) is 69.7 Å². The maximum absolute atomic E-state index is 12.1. The van der Waals surface area contributed by atoms with Gasteiger partial charge in [-0.1, -0.05) is 47.5 Å². The number of carboxylic acid groups (broad SMARTS) is 1. The molecular weight excluding hydrogens is 448 g/mol. The number of aliphatic carboxylic acids is 1. The van der Waals surface area contributed by atoms with Gasteiger partial charge in [0, 0.05) is 23.1 Å². The number of nitrogens with zero attached hydrogens (tertiary/aromatic N) is 1. The van der Waals surface area contributed by atoms with Gasteiger partial charge < -0.3 is 11.3 Å². The van der Waals surface area contributed by atoms with Crippen LogP contribution in [0.5, 0.6) is 5.75 Å². The summed E-state index contributed by atoms with van der Waals surface area (Å²) in [5, 5.41) is 9.67. The molecular formula is C19H20Cl2NNaO5S. The average Bonchev–Trinajstić information content (AvgIpc) is 2.58. The molecule has 0 bridgehead atoms. The van der Waals surface area contributed by atoms with Crippen LogP contribution in [-0.2, 0) is 21.4 Å². The summed E-state index contributed by atoms with van der Waals surface area (Å²) in [6.07, 6.45) is 4.57. The van der Waals surface area contributed by atoms with Gasteiger partial charge in [-0.2, -0.15) is 4.31 Å². The number of sulfonamides is 1. The van der Waals surface area contributed by atoms with E-state index in [9.17, 15) is 13.2 Å². The van der Waals surface area contributed by atoms with Crippen LogP contribution < -0.4 is 34.3 Å². The van der Waals surface area contributed by atoms with Gasteiger partial charge in [0.15, 0.2) is 6.61 Å². The fourth-order valence-electron chi connectivity index (χ4n) is 2.38. The standard InChI is InChI=1S/C19H19Cl2NO5S.Na.H/c1-28(25,26)22(7-3-5-14-8-16(20)11-17(21)9-14)12-15-4-2-6-18(10-15)27-13-19(23)24;;/h2-6,8-11H,7,12-13H2,1H3,(H,23,24);;/q;+1;-1/b5-3+;;. The van der Waals surface area contributed by atoms with Crippen LogP contribution in [0.2, 0.25) is 10.0 Å². The summed E-state index contributed by atoms with van der Waals surface area (Å²) < 4.78 is 30.7. The van der Waals surface area contributed by atoms with E-state index in [-0.39, 0.29) is 44.1 Å². The third-order valence-electron chi connectivity index (χ3n) is 3.59. The molecule has 2 aromatic carbocycles. The van der Waals surface area contributed by atoms with Crippen molar-refractivity contribution in [3.8, 4) is 5.75 Å². The van der Waals surface area contributed by atoms with Crippen LogP contribution in [0, 0.1) is 0 Å². The molecule has 0 unspecified atom stereocenters. The van der Waals surface area contributed by atoms with Crippen LogP contribution >= 0.6 is 23.2 Å². The fourth-order valence-corrected chi connectivity index (χ4v) is 3.66. The number of carbonyl (C=O) groups is 1. The molecule has 0 aliphatic heterocycles. The third kappa shape index (κ3) is 9.53. The van der Waals surface area contributed by atoms with Crippen molar-refractivity contribution in [2.45, 2.75) is 6.54 Å². The van der Waals surface area contributed by atoms with Crippen molar-refractivity contribution in [1.82, 2.24) is 4.31 Å².